The van der Waals surface area contributed by atoms with Crippen molar-refractivity contribution in [2.24, 2.45) is 0 Å². The maximum atomic E-state index is 13.6. The van der Waals surface area contributed by atoms with Crippen LogP contribution in [0.4, 0.5) is 10.3 Å². The van der Waals surface area contributed by atoms with Crippen molar-refractivity contribution in [3.63, 3.8) is 0 Å². The first-order chi connectivity index (χ1) is 13.5. The Morgan fingerprint density at radius 1 is 1.32 bits per heavy atom. The molecule has 0 atom stereocenters. The van der Waals surface area contributed by atoms with Crippen LogP contribution in [0.25, 0.3) is 11.3 Å². The number of anilines is 1. The van der Waals surface area contributed by atoms with Crippen LogP contribution in [-0.4, -0.2) is 39.3 Å². The third-order valence-corrected chi connectivity index (χ3v) is 4.64. The average Bonchev–Trinajstić information content (AvgIpc) is 3.11. The molecule has 1 aliphatic rings. The molecule has 7 nitrogen and oxygen atoms in total. The molecule has 0 bridgehead atoms. The summed E-state index contributed by atoms with van der Waals surface area (Å²) in [4.78, 5) is 23.0. The first-order valence-electron chi connectivity index (χ1n) is 9.15. The first kappa shape index (κ1) is 18.1. The molecule has 2 aromatic heterocycles. The fourth-order valence-electron chi connectivity index (χ4n) is 3.34. The van der Waals surface area contributed by atoms with Gasteiger partial charge in [0.15, 0.2) is 5.69 Å². The molecule has 28 heavy (non-hydrogen) atoms. The number of halogens is 1. The molecule has 0 radical (unpaired) electrons. The Hall–Kier alpha value is -3.29. The molecule has 0 spiro atoms. The molecule has 1 aliphatic heterocycles. The van der Waals surface area contributed by atoms with Crippen molar-refractivity contribution in [3.8, 4) is 11.3 Å². The number of nitrogens with one attached hydrogen (secondary N) is 1. The molecule has 8 heteroatoms. The van der Waals surface area contributed by atoms with Gasteiger partial charge < -0.3 is 9.64 Å². The van der Waals surface area contributed by atoms with Crippen LogP contribution in [0.5, 0.6) is 0 Å². The molecule has 0 saturated heterocycles. The summed E-state index contributed by atoms with van der Waals surface area (Å²) in [6.45, 7) is 5.06. The summed E-state index contributed by atoms with van der Waals surface area (Å²) < 4.78 is 18.7. The number of esters is 1. The fourth-order valence-corrected chi connectivity index (χ4v) is 3.34. The van der Waals surface area contributed by atoms with Gasteiger partial charge in [-0.25, -0.2) is 19.2 Å². The third kappa shape index (κ3) is 3.45. The first-order valence-corrected chi connectivity index (χ1v) is 9.15. The van der Waals surface area contributed by atoms with Crippen molar-refractivity contribution >= 4 is 11.9 Å². The molecule has 3 aromatic rings. The molecule has 0 fully saturated rings. The highest BCUT2D eigenvalue weighted by atomic mass is 19.1. The number of nitrogens with zero attached hydrogens (tertiary/aromatic N) is 4. The van der Waals surface area contributed by atoms with Crippen LogP contribution in [-0.2, 0) is 17.7 Å². The van der Waals surface area contributed by atoms with Crippen LogP contribution < -0.4 is 4.90 Å². The van der Waals surface area contributed by atoms with E-state index in [1.807, 2.05) is 17.9 Å². The maximum Gasteiger partial charge on any atom is 0.357 e. The van der Waals surface area contributed by atoms with Crippen molar-refractivity contribution in [1.82, 2.24) is 20.2 Å². The number of aromatic amines is 1. The van der Waals surface area contributed by atoms with E-state index >= 15 is 0 Å². The number of hydrogen-bond donors (Lipinski definition) is 1. The van der Waals surface area contributed by atoms with Crippen molar-refractivity contribution in [2.45, 2.75) is 26.8 Å². The smallest absolute Gasteiger partial charge is 0.357 e. The second-order valence-corrected chi connectivity index (χ2v) is 6.63. The number of carbonyl (C=O) groups excluding carboxylic acids is 1. The van der Waals surface area contributed by atoms with Crippen LogP contribution >= 0.6 is 0 Å². The van der Waals surface area contributed by atoms with Crippen LogP contribution in [0.1, 0.15) is 34.4 Å². The summed E-state index contributed by atoms with van der Waals surface area (Å²) in [7, 11) is 0. The van der Waals surface area contributed by atoms with E-state index in [2.05, 4.69) is 20.2 Å². The van der Waals surface area contributed by atoms with Gasteiger partial charge in [0.1, 0.15) is 5.82 Å². The van der Waals surface area contributed by atoms with Gasteiger partial charge in [0.05, 0.1) is 12.3 Å². The van der Waals surface area contributed by atoms with Gasteiger partial charge in [0.25, 0.3) is 0 Å². The Morgan fingerprint density at radius 2 is 2.18 bits per heavy atom. The van der Waals surface area contributed by atoms with Gasteiger partial charge in [-0.2, -0.15) is 5.10 Å². The number of fused-ring (bicyclic) bond motifs is 1. The summed E-state index contributed by atoms with van der Waals surface area (Å²) in [5, 5.41) is 7.45. The van der Waals surface area contributed by atoms with Gasteiger partial charge in [0.2, 0.25) is 5.95 Å². The lowest BCUT2D eigenvalue weighted by Gasteiger charge is -2.27. The van der Waals surface area contributed by atoms with E-state index in [9.17, 15) is 9.18 Å². The van der Waals surface area contributed by atoms with E-state index in [0.717, 1.165) is 28.9 Å². The predicted octanol–water partition coefficient (Wildman–Crippen LogP) is 3.05. The molecular weight excluding hydrogens is 361 g/mol. The minimum Gasteiger partial charge on any atom is -0.461 e. The highest BCUT2D eigenvalue weighted by Crippen LogP contribution is 2.30. The highest BCUT2D eigenvalue weighted by Gasteiger charge is 2.25. The van der Waals surface area contributed by atoms with Crippen molar-refractivity contribution < 1.29 is 13.9 Å². The molecule has 4 rings (SSSR count). The number of ether oxygens (including phenoxy) is 1. The summed E-state index contributed by atoms with van der Waals surface area (Å²) in [6, 6.07) is 8.00. The summed E-state index contributed by atoms with van der Waals surface area (Å²) in [5.74, 6) is -0.293. The highest BCUT2D eigenvalue weighted by molar-refractivity contribution is 5.87. The number of aromatic nitrogens is 4. The minimum atomic E-state index is -0.462. The topological polar surface area (TPSA) is 84.0 Å². The molecule has 0 aliphatic carbocycles. The summed E-state index contributed by atoms with van der Waals surface area (Å²) >= 11 is 0. The normalized spacial score (nSPS) is 13.3. The Bertz CT molecular complexity index is 1030. The molecule has 144 valence electrons. The molecule has 3 heterocycles. The zero-order chi connectivity index (χ0) is 19.7. The molecule has 0 amide bonds. The lowest BCUT2D eigenvalue weighted by atomic mass is 10.0. The number of benzene rings is 1. The molecule has 1 N–H and O–H groups in total. The number of carbonyl (C=O) groups is 1. The number of hydrogen-bond acceptors (Lipinski definition) is 6. The molecule has 1 aromatic carbocycles. The van der Waals surface area contributed by atoms with Gasteiger partial charge in [-0.05, 0) is 32.0 Å². The molecule has 0 unspecified atom stereocenters. The van der Waals surface area contributed by atoms with Crippen LogP contribution in [0.15, 0.2) is 30.3 Å². The largest absolute Gasteiger partial charge is 0.461 e. The summed E-state index contributed by atoms with van der Waals surface area (Å²) in [6.07, 6.45) is 0.726. The van der Waals surface area contributed by atoms with Crippen LogP contribution in [0.2, 0.25) is 0 Å². The average molecular weight is 381 g/mol. The molecule has 0 saturated carbocycles. The lowest BCUT2D eigenvalue weighted by molar-refractivity contribution is 0.0519. The number of rotatable bonds is 4. The Labute approximate surface area is 161 Å². The van der Waals surface area contributed by atoms with Gasteiger partial charge in [0, 0.05) is 42.0 Å². The zero-order valence-electron chi connectivity index (χ0n) is 15.7. The van der Waals surface area contributed by atoms with Crippen molar-refractivity contribution in [2.75, 3.05) is 18.1 Å². The standard InChI is InChI=1S/C20H20FN5O2/c1-3-28-19(27)17-9-12(2)22-20(23-17)26-8-7-16-15(11-26)18(25-24-16)13-5-4-6-14(21)10-13/h4-6,9-10H,3,7-8,11H2,1-2H3,(H,24,25). The quantitative estimate of drug-likeness (QED) is 0.700. The van der Waals surface area contributed by atoms with E-state index in [4.69, 9.17) is 4.74 Å². The van der Waals surface area contributed by atoms with Gasteiger partial charge in [-0.3, -0.25) is 5.10 Å². The SMILES string of the molecule is CCOC(=O)c1cc(C)nc(N2CCc3[nH]nc(-c4cccc(F)c4)c3C2)n1. The van der Waals surface area contributed by atoms with E-state index in [1.165, 1.54) is 12.1 Å². The number of aryl methyl sites for hydroxylation is 1. The second kappa shape index (κ2) is 7.38. The van der Waals surface area contributed by atoms with E-state index in [1.54, 1.807) is 19.1 Å². The van der Waals surface area contributed by atoms with E-state index in [0.29, 0.717) is 24.7 Å². The molecular formula is C20H20FN5O2. The third-order valence-electron chi connectivity index (χ3n) is 4.64. The second-order valence-electron chi connectivity index (χ2n) is 6.63. The van der Waals surface area contributed by atoms with Gasteiger partial charge in [-0.15, -0.1) is 0 Å². The monoisotopic (exact) mass is 381 g/mol. The van der Waals surface area contributed by atoms with E-state index in [-0.39, 0.29) is 18.1 Å². The number of H-pyrrole nitrogens is 1. The Morgan fingerprint density at radius 3 is 2.96 bits per heavy atom. The van der Waals surface area contributed by atoms with Crippen LogP contribution in [0.3, 0.4) is 0 Å². The lowest BCUT2D eigenvalue weighted by Crippen LogP contribution is -2.32. The minimum absolute atomic E-state index is 0.243. The predicted molar refractivity (Wildman–Crippen MR) is 101 cm³/mol. The van der Waals surface area contributed by atoms with Crippen molar-refractivity contribution in [3.05, 3.63) is 58.8 Å². The van der Waals surface area contributed by atoms with Crippen LogP contribution in [0, 0.1) is 12.7 Å². The Kier molecular flexibility index (Phi) is 4.77. The van der Waals surface area contributed by atoms with Gasteiger partial charge >= 0.3 is 5.97 Å². The van der Waals surface area contributed by atoms with E-state index < -0.39 is 5.97 Å². The maximum absolute atomic E-state index is 13.6. The van der Waals surface area contributed by atoms with Crippen molar-refractivity contribution in [1.29, 1.82) is 0 Å². The van der Waals surface area contributed by atoms with Gasteiger partial charge in [-0.1, -0.05) is 12.1 Å². The zero-order valence-corrected chi connectivity index (χ0v) is 15.7. The summed E-state index contributed by atoms with van der Waals surface area (Å²) in [5.41, 5.74) is 4.38. The Balaban J connectivity index is 1.66. The fraction of sp³-hybridized carbons (Fsp3) is 0.300.